The summed E-state index contributed by atoms with van der Waals surface area (Å²) in [7, 11) is 1.80. The van der Waals surface area contributed by atoms with Gasteiger partial charge in [-0.05, 0) is 19.8 Å². The van der Waals surface area contributed by atoms with Crippen molar-refractivity contribution in [2.24, 2.45) is 12.5 Å². The second kappa shape index (κ2) is 4.68. The Bertz CT molecular complexity index is 628. The third-order valence-electron chi connectivity index (χ3n) is 4.68. The van der Waals surface area contributed by atoms with E-state index < -0.39 is 17.4 Å². The standard InChI is InChI=1S/C14H18N4O3/c1-9-10(7-15-17(9)2)8-18-12(20)14(5-3-4-6-14)11(19)16-13(18)21/h7H,3-6,8H2,1-2H3,(H,16,19,21). The zero-order chi connectivity index (χ0) is 15.2. The average molecular weight is 290 g/mol. The Balaban J connectivity index is 1.90. The lowest BCUT2D eigenvalue weighted by molar-refractivity contribution is -0.151. The Hall–Kier alpha value is -2.18. The van der Waals surface area contributed by atoms with Crippen LogP contribution >= 0.6 is 0 Å². The lowest BCUT2D eigenvalue weighted by atomic mass is 9.82. The Labute approximate surface area is 122 Å². The second-order valence-corrected chi connectivity index (χ2v) is 5.82. The fraction of sp³-hybridized carbons (Fsp3) is 0.571. The van der Waals surface area contributed by atoms with Crippen LogP contribution in [0.5, 0.6) is 0 Å². The van der Waals surface area contributed by atoms with Gasteiger partial charge in [-0.15, -0.1) is 0 Å². The molecule has 1 spiro atoms. The van der Waals surface area contributed by atoms with Crippen molar-refractivity contribution in [1.29, 1.82) is 0 Å². The van der Waals surface area contributed by atoms with E-state index in [1.807, 2.05) is 6.92 Å². The summed E-state index contributed by atoms with van der Waals surface area (Å²) in [5, 5.41) is 6.45. The first-order valence-electron chi connectivity index (χ1n) is 7.10. The molecule has 0 radical (unpaired) electrons. The molecule has 7 nitrogen and oxygen atoms in total. The number of hydrogen-bond donors (Lipinski definition) is 1. The summed E-state index contributed by atoms with van der Waals surface area (Å²) >= 11 is 0. The van der Waals surface area contributed by atoms with Crippen molar-refractivity contribution in [3.63, 3.8) is 0 Å². The molecule has 7 heteroatoms. The summed E-state index contributed by atoms with van der Waals surface area (Å²) in [5.74, 6) is -0.800. The number of carbonyl (C=O) groups excluding carboxylic acids is 3. The van der Waals surface area contributed by atoms with Crippen LogP contribution in [-0.2, 0) is 23.2 Å². The SMILES string of the molecule is Cc1c(CN2C(=O)NC(=O)C3(CCCC3)C2=O)cnn1C. The van der Waals surface area contributed by atoms with E-state index in [4.69, 9.17) is 0 Å². The number of rotatable bonds is 2. The van der Waals surface area contributed by atoms with E-state index in [0.717, 1.165) is 29.0 Å². The highest BCUT2D eigenvalue weighted by Gasteiger charge is 2.54. The first-order chi connectivity index (χ1) is 9.95. The number of imide groups is 2. The van der Waals surface area contributed by atoms with Gasteiger partial charge in [-0.2, -0.15) is 5.10 Å². The first kappa shape index (κ1) is 13.8. The largest absolute Gasteiger partial charge is 0.331 e. The zero-order valence-corrected chi connectivity index (χ0v) is 12.2. The fourth-order valence-electron chi connectivity index (χ4n) is 3.16. The highest BCUT2D eigenvalue weighted by molar-refractivity contribution is 6.19. The van der Waals surface area contributed by atoms with Gasteiger partial charge in [-0.25, -0.2) is 4.79 Å². The molecule has 0 bridgehead atoms. The number of carbonyl (C=O) groups is 3. The smallest absolute Gasteiger partial charge is 0.277 e. The number of hydrogen-bond acceptors (Lipinski definition) is 4. The molecule has 1 aliphatic carbocycles. The van der Waals surface area contributed by atoms with Crippen LogP contribution in [0.1, 0.15) is 36.9 Å². The summed E-state index contributed by atoms with van der Waals surface area (Å²) < 4.78 is 1.69. The molecule has 4 amide bonds. The van der Waals surface area contributed by atoms with Gasteiger partial charge in [0.25, 0.3) is 0 Å². The number of aryl methyl sites for hydroxylation is 1. The molecule has 1 saturated heterocycles. The number of nitrogens with zero attached hydrogens (tertiary/aromatic N) is 3. The Morgan fingerprint density at radius 3 is 2.52 bits per heavy atom. The molecular weight excluding hydrogens is 272 g/mol. The molecule has 1 aliphatic heterocycles. The molecule has 21 heavy (non-hydrogen) atoms. The number of urea groups is 1. The van der Waals surface area contributed by atoms with Crippen molar-refractivity contribution in [2.45, 2.75) is 39.2 Å². The maximum absolute atomic E-state index is 12.7. The van der Waals surface area contributed by atoms with Crippen molar-refractivity contribution >= 4 is 17.8 Å². The van der Waals surface area contributed by atoms with E-state index in [1.165, 1.54) is 0 Å². The van der Waals surface area contributed by atoms with Gasteiger partial charge in [0.15, 0.2) is 0 Å². The maximum atomic E-state index is 12.7. The molecule has 1 aromatic heterocycles. The van der Waals surface area contributed by atoms with E-state index in [2.05, 4.69) is 10.4 Å². The molecule has 2 aliphatic rings. The van der Waals surface area contributed by atoms with Crippen molar-refractivity contribution in [3.05, 3.63) is 17.5 Å². The monoisotopic (exact) mass is 290 g/mol. The van der Waals surface area contributed by atoms with Crippen LogP contribution in [0.15, 0.2) is 6.20 Å². The van der Waals surface area contributed by atoms with Gasteiger partial charge in [0.05, 0.1) is 12.7 Å². The van der Waals surface area contributed by atoms with Gasteiger partial charge in [0.1, 0.15) is 5.41 Å². The van der Waals surface area contributed by atoms with Gasteiger partial charge in [-0.1, -0.05) is 12.8 Å². The molecule has 2 heterocycles. The van der Waals surface area contributed by atoms with Crippen LogP contribution < -0.4 is 5.32 Å². The molecule has 0 aromatic carbocycles. The van der Waals surface area contributed by atoms with Gasteiger partial charge >= 0.3 is 6.03 Å². The Morgan fingerprint density at radius 2 is 1.95 bits per heavy atom. The average Bonchev–Trinajstić information content (AvgIpc) is 3.05. The minimum atomic E-state index is -1.04. The Morgan fingerprint density at radius 1 is 1.29 bits per heavy atom. The van der Waals surface area contributed by atoms with Crippen molar-refractivity contribution in [2.75, 3.05) is 0 Å². The molecule has 1 N–H and O–H groups in total. The lowest BCUT2D eigenvalue weighted by Gasteiger charge is -2.36. The summed E-state index contributed by atoms with van der Waals surface area (Å²) in [5.41, 5.74) is 0.667. The highest BCUT2D eigenvalue weighted by Crippen LogP contribution is 2.42. The van der Waals surface area contributed by atoms with Crippen LogP contribution in [-0.4, -0.2) is 32.5 Å². The first-order valence-corrected chi connectivity index (χ1v) is 7.10. The third kappa shape index (κ3) is 1.95. The molecular formula is C14H18N4O3. The lowest BCUT2D eigenvalue weighted by Crippen LogP contribution is -2.62. The van der Waals surface area contributed by atoms with Crippen LogP contribution in [0.4, 0.5) is 4.79 Å². The van der Waals surface area contributed by atoms with Crippen LogP contribution in [0, 0.1) is 12.3 Å². The summed E-state index contributed by atoms with van der Waals surface area (Å²) in [6.45, 7) is 2.03. The van der Waals surface area contributed by atoms with Crippen molar-refractivity contribution in [3.8, 4) is 0 Å². The minimum absolute atomic E-state index is 0.152. The van der Waals surface area contributed by atoms with Crippen molar-refractivity contribution < 1.29 is 14.4 Å². The molecule has 1 saturated carbocycles. The van der Waals surface area contributed by atoms with Crippen molar-refractivity contribution in [1.82, 2.24) is 20.0 Å². The van der Waals surface area contributed by atoms with E-state index in [1.54, 1.807) is 17.9 Å². The van der Waals surface area contributed by atoms with Crippen LogP contribution in [0.2, 0.25) is 0 Å². The summed E-state index contributed by atoms with van der Waals surface area (Å²) in [4.78, 5) is 38.0. The quantitative estimate of drug-likeness (QED) is 0.819. The predicted octanol–water partition coefficient (Wildman–Crippen LogP) is 0.867. The second-order valence-electron chi connectivity index (χ2n) is 5.82. The van der Waals surface area contributed by atoms with E-state index in [9.17, 15) is 14.4 Å². The molecule has 0 atom stereocenters. The van der Waals surface area contributed by atoms with E-state index in [0.29, 0.717) is 12.8 Å². The minimum Gasteiger partial charge on any atom is -0.277 e. The van der Waals surface area contributed by atoms with Crippen LogP contribution in [0.3, 0.4) is 0 Å². The molecule has 1 aromatic rings. The fourth-order valence-corrected chi connectivity index (χ4v) is 3.16. The third-order valence-corrected chi connectivity index (χ3v) is 4.68. The number of barbiturate groups is 1. The normalized spacial score (nSPS) is 21.2. The maximum Gasteiger partial charge on any atom is 0.331 e. The molecule has 112 valence electrons. The highest BCUT2D eigenvalue weighted by atomic mass is 16.2. The number of aromatic nitrogens is 2. The summed E-state index contributed by atoms with van der Waals surface area (Å²) in [6.07, 6.45) is 4.37. The Kier molecular flexibility index (Phi) is 3.07. The van der Waals surface area contributed by atoms with Gasteiger partial charge in [0, 0.05) is 18.3 Å². The zero-order valence-electron chi connectivity index (χ0n) is 12.2. The van der Waals surface area contributed by atoms with E-state index in [-0.39, 0.29) is 12.5 Å². The summed E-state index contributed by atoms with van der Waals surface area (Å²) in [6, 6.07) is -0.634. The number of nitrogens with one attached hydrogen (secondary N) is 1. The molecule has 3 rings (SSSR count). The molecule has 0 unspecified atom stereocenters. The van der Waals surface area contributed by atoms with Gasteiger partial charge in [-0.3, -0.25) is 24.5 Å². The number of amides is 4. The van der Waals surface area contributed by atoms with E-state index >= 15 is 0 Å². The predicted molar refractivity (Wildman–Crippen MR) is 72.9 cm³/mol. The topological polar surface area (TPSA) is 84.3 Å². The van der Waals surface area contributed by atoms with Gasteiger partial charge in [0.2, 0.25) is 11.8 Å². The molecule has 2 fully saturated rings. The van der Waals surface area contributed by atoms with Gasteiger partial charge < -0.3 is 0 Å². The van der Waals surface area contributed by atoms with Crippen LogP contribution in [0.25, 0.3) is 0 Å².